The molecule has 3 rings (SSSR count). The van der Waals surface area contributed by atoms with Crippen molar-refractivity contribution in [3.8, 4) is 5.75 Å². The summed E-state index contributed by atoms with van der Waals surface area (Å²) in [5, 5.41) is 3.17. The number of oxazole rings is 1. The average molecular weight is 283 g/mol. The molecule has 2 aromatic heterocycles. The number of anilines is 1. The van der Waals surface area contributed by atoms with Crippen LogP contribution in [-0.2, 0) is 6.54 Å². The van der Waals surface area contributed by atoms with Crippen molar-refractivity contribution in [2.24, 2.45) is 0 Å². The van der Waals surface area contributed by atoms with Crippen molar-refractivity contribution in [2.75, 3.05) is 11.9 Å². The first kappa shape index (κ1) is 13.4. The second-order valence-electron chi connectivity index (χ2n) is 4.76. The van der Waals surface area contributed by atoms with E-state index >= 15 is 0 Å². The molecule has 0 aliphatic carbocycles. The second-order valence-corrected chi connectivity index (χ2v) is 4.76. The van der Waals surface area contributed by atoms with Crippen molar-refractivity contribution in [3.63, 3.8) is 0 Å². The maximum atomic E-state index is 5.72. The summed E-state index contributed by atoms with van der Waals surface area (Å²) in [7, 11) is 0. The summed E-state index contributed by atoms with van der Waals surface area (Å²) in [6.07, 6.45) is 3.50. The lowest BCUT2D eigenvalue weighted by molar-refractivity contribution is 0.338. The zero-order valence-corrected chi connectivity index (χ0v) is 12.1. The van der Waals surface area contributed by atoms with Gasteiger partial charge in [-0.3, -0.25) is 4.98 Å². The molecular formula is C16H17N3O2. The molecule has 0 aliphatic rings. The summed E-state index contributed by atoms with van der Waals surface area (Å²) in [6.45, 7) is 5.17. The Balaban J connectivity index is 1.74. The molecule has 0 atom stereocenters. The lowest BCUT2D eigenvalue weighted by Gasteiger charge is -2.05. The summed E-state index contributed by atoms with van der Waals surface area (Å²) >= 11 is 0. The zero-order chi connectivity index (χ0) is 14.7. The molecule has 0 unspecified atom stereocenters. The van der Waals surface area contributed by atoms with Crippen molar-refractivity contribution >= 4 is 17.1 Å². The molecule has 2 heterocycles. The fourth-order valence-electron chi connectivity index (χ4n) is 2.15. The van der Waals surface area contributed by atoms with E-state index in [0.717, 1.165) is 28.0 Å². The normalized spacial score (nSPS) is 10.8. The molecular weight excluding hydrogens is 266 g/mol. The second kappa shape index (κ2) is 5.83. The molecule has 0 saturated carbocycles. The largest absolute Gasteiger partial charge is 0.492 e. The summed E-state index contributed by atoms with van der Waals surface area (Å²) < 4.78 is 11.2. The number of ether oxygens (including phenoxy) is 1. The predicted octanol–water partition coefficient (Wildman–Crippen LogP) is 3.54. The molecule has 0 bridgehead atoms. The van der Waals surface area contributed by atoms with Crippen LogP contribution >= 0.6 is 0 Å². The van der Waals surface area contributed by atoms with Gasteiger partial charge in [-0.05, 0) is 37.1 Å². The van der Waals surface area contributed by atoms with Crippen LogP contribution in [0.1, 0.15) is 18.1 Å². The molecule has 0 amide bonds. The number of hydrogen-bond acceptors (Lipinski definition) is 5. The van der Waals surface area contributed by atoms with E-state index in [9.17, 15) is 0 Å². The van der Waals surface area contributed by atoms with E-state index in [1.54, 1.807) is 12.4 Å². The SMILES string of the molecule is CCOc1cncc(CNc2nc3cccc(C)c3o2)c1. The van der Waals surface area contributed by atoms with Crippen LogP contribution < -0.4 is 10.1 Å². The van der Waals surface area contributed by atoms with E-state index in [1.165, 1.54) is 0 Å². The smallest absolute Gasteiger partial charge is 0.295 e. The van der Waals surface area contributed by atoms with Gasteiger partial charge in [-0.1, -0.05) is 12.1 Å². The van der Waals surface area contributed by atoms with Crippen LogP contribution in [0.25, 0.3) is 11.1 Å². The van der Waals surface area contributed by atoms with Gasteiger partial charge in [0.2, 0.25) is 0 Å². The highest BCUT2D eigenvalue weighted by Crippen LogP contribution is 2.22. The Morgan fingerprint density at radius 1 is 1.29 bits per heavy atom. The Kier molecular flexibility index (Phi) is 3.73. The third kappa shape index (κ3) is 2.97. The van der Waals surface area contributed by atoms with Crippen LogP contribution in [0.5, 0.6) is 5.75 Å². The quantitative estimate of drug-likeness (QED) is 0.776. The Hall–Kier alpha value is -2.56. The van der Waals surface area contributed by atoms with Gasteiger partial charge >= 0.3 is 0 Å². The highest BCUT2D eigenvalue weighted by molar-refractivity contribution is 5.77. The van der Waals surface area contributed by atoms with E-state index in [0.29, 0.717) is 19.2 Å². The highest BCUT2D eigenvalue weighted by atomic mass is 16.5. The molecule has 0 fully saturated rings. The minimum Gasteiger partial charge on any atom is -0.492 e. The molecule has 108 valence electrons. The number of hydrogen-bond donors (Lipinski definition) is 1. The van der Waals surface area contributed by atoms with E-state index in [4.69, 9.17) is 9.15 Å². The Morgan fingerprint density at radius 3 is 3.00 bits per heavy atom. The van der Waals surface area contributed by atoms with Gasteiger partial charge in [0.05, 0.1) is 12.8 Å². The monoisotopic (exact) mass is 283 g/mol. The molecule has 1 N–H and O–H groups in total. The third-order valence-corrected chi connectivity index (χ3v) is 3.14. The molecule has 1 aromatic carbocycles. The number of nitrogens with one attached hydrogen (secondary N) is 1. The van der Waals surface area contributed by atoms with Crippen molar-refractivity contribution in [1.82, 2.24) is 9.97 Å². The van der Waals surface area contributed by atoms with Crippen LogP contribution in [0, 0.1) is 6.92 Å². The molecule has 5 heteroatoms. The van der Waals surface area contributed by atoms with Gasteiger partial charge in [0.25, 0.3) is 6.01 Å². The van der Waals surface area contributed by atoms with E-state index < -0.39 is 0 Å². The molecule has 21 heavy (non-hydrogen) atoms. The van der Waals surface area contributed by atoms with Crippen molar-refractivity contribution in [1.29, 1.82) is 0 Å². The molecule has 5 nitrogen and oxygen atoms in total. The Bertz CT molecular complexity index is 752. The average Bonchev–Trinajstić information content (AvgIpc) is 2.91. The number of rotatable bonds is 5. The number of benzene rings is 1. The Morgan fingerprint density at radius 2 is 2.19 bits per heavy atom. The summed E-state index contributed by atoms with van der Waals surface area (Å²) in [4.78, 5) is 8.57. The lowest BCUT2D eigenvalue weighted by Crippen LogP contribution is -2.01. The predicted molar refractivity (Wildman–Crippen MR) is 81.5 cm³/mol. The van der Waals surface area contributed by atoms with Gasteiger partial charge in [0.15, 0.2) is 5.58 Å². The molecule has 0 spiro atoms. The fourth-order valence-corrected chi connectivity index (χ4v) is 2.15. The topological polar surface area (TPSA) is 60.2 Å². The highest BCUT2D eigenvalue weighted by Gasteiger charge is 2.07. The standard InChI is InChI=1S/C16H17N3O2/c1-3-20-13-7-12(8-17-10-13)9-18-16-19-14-6-4-5-11(2)15(14)21-16/h4-8,10H,3,9H2,1-2H3,(H,18,19). The maximum Gasteiger partial charge on any atom is 0.295 e. The lowest BCUT2D eigenvalue weighted by atomic mass is 10.2. The first-order valence-electron chi connectivity index (χ1n) is 6.93. The molecule has 0 saturated heterocycles. The van der Waals surface area contributed by atoms with Crippen LogP contribution in [0.3, 0.4) is 0 Å². The minimum absolute atomic E-state index is 0.515. The van der Waals surface area contributed by atoms with Gasteiger partial charge in [0, 0.05) is 12.7 Å². The summed E-state index contributed by atoms with van der Waals surface area (Å²) in [5.41, 5.74) is 3.77. The van der Waals surface area contributed by atoms with Crippen molar-refractivity contribution in [3.05, 3.63) is 47.8 Å². The number of nitrogens with zero attached hydrogens (tertiary/aromatic N) is 2. The van der Waals surface area contributed by atoms with E-state index in [2.05, 4.69) is 15.3 Å². The molecule has 0 aliphatic heterocycles. The number of fused-ring (bicyclic) bond motifs is 1. The molecule has 3 aromatic rings. The van der Waals surface area contributed by atoms with Crippen molar-refractivity contribution in [2.45, 2.75) is 20.4 Å². The first-order valence-corrected chi connectivity index (χ1v) is 6.93. The number of para-hydroxylation sites is 1. The van der Waals surface area contributed by atoms with Gasteiger partial charge in [-0.25, -0.2) is 0 Å². The van der Waals surface area contributed by atoms with Crippen LogP contribution in [-0.4, -0.2) is 16.6 Å². The number of pyridine rings is 1. The molecule has 0 radical (unpaired) electrons. The Labute approximate surface area is 123 Å². The fraction of sp³-hybridized carbons (Fsp3) is 0.250. The van der Waals surface area contributed by atoms with Gasteiger partial charge in [-0.2, -0.15) is 4.98 Å². The van der Waals surface area contributed by atoms with Crippen LogP contribution in [0.15, 0.2) is 41.1 Å². The third-order valence-electron chi connectivity index (χ3n) is 3.14. The summed E-state index contributed by atoms with van der Waals surface area (Å²) in [5.74, 6) is 0.769. The first-order chi connectivity index (χ1) is 10.3. The van der Waals surface area contributed by atoms with Gasteiger partial charge in [-0.15, -0.1) is 0 Å². The van der Waals surface area contributed by atoms with E-state index in [1.807, 2.05) is 38.1 Å². The van der Waals surface area contributed by atoms with E-state index in [-0.39, 0.29) is 0 Å². The summed E-state index contributed by atoms with van der Waals surface area (Å²) in [6, 6.07) is 8.39. The van der Waals surface area contributed by atoms with Gasteiger partial charge < -0.3 is 14.5 Å². The van der Waals surface area contributed by atoms with Gasteiger partial charge in [0.1, 0.15) is 11.3 Å². The maximum absolute atomic E-state index is 5.72. The number of aryl methyl sites for hydroxylation is 1. The van der Waals surface area contributed by atoms with Crippen molar-refractivity contribution < 1.29 is 9.15 Å². The minimum atomic E-state index is 0.515. The zero-order valence-electron chi connectivity index (χ0n) is 12.1. The number of aromatic nitrogens is 2. The van der Waals surface area contributed by atoms with Crippen LogP contribution in [0.4, 0.5) is 6.01 Å². The van der Waals surface area contributed by atoms with Crippen LogP contribution in [0.2, 0.25) is 0 Å².